The van der Waals surface area contributed by atoms with Crippen LogP contribution >= 0.6 is 27.3 Å². The first-order valence-electron chi connectivity index (χ1n) is 5.84. The molecule has 0 bridgehead atoms. The van der Waals surface area contributed by atoms with Gasteiger partial charge in [-0.1, -0.05) is 0 Å². The Balaban J connectivity index is 1.93. The number of thiophene rings is 1. The first kappa shape index (κ1) is 11.4. The second-order valence-corrected chi connectivity index (χ2v) is 6.79. The van der Waals surface area contributed by atoms with Crippen molar-refractivity contribution >= 4 is 27.3 Å². The molecule has 3 nitrogen and oxygen atoms in total. The molecule has 90 valence electrons. The Morgan fingerprint density at radius 1 is 1.29 bits per heavy atom. The van der Waals surface area contributed by atoms with E-state index in [4.69, 9.17) is 0 Å². The number of halogens is 1. The lowest BCUT2D eigenvalue weighted by Crippen LogP contribution is -2.27. The molecule has 1 aliphatic rings. The fourth-order valence-electron chi connectivity index (χ4n) is 2.37. The number of hydrogen-bond acceptors (Lipinski definition) is 3. The van der Waals surface area contributed by atoms with Gasteiger partial charge in [0, 0.05) is 22.1 Å². The van der Waals surface area contributed by atoms with Crippen LogP contribution in [0.1, 0.15) is 24.5 Å². The van der Waals surface area contributed by atoms with Gasteiger partial charge in [0.15, 0.2) is 0 Å². The van der Waals surface area contributed by atoms with E-state index >= 15 is 0 Å². The highest BCUT2D eigenvalue weighted by Gasteiger charge is 2.21. The maximum absolute atomic E-state index is 4.23. The SMILES string of the molecule is Brc1ccc(-c2cn[nH]c2C2CCNCC2)s1. The van der Waals surface area contributed by atoms with Crippen LogP contribution in [-0.2, 0) is 0 Å². The monoisotopic (exact) mass is 311 g/mol. The van der Waals surface area contributed by atoms with Gasteiger partial charge in [0.2, 0.25) is 0 Å². The van der Waals surface area contributed by atoms with Crippen LogP contribution in [0.5, 0.6) is 0 Å². The lowest BCUT2D eigenvalue weighted by molar-refractivity contribution is 0.453. The highest BCUT2D eigenvalue weighted by molar-refractivity contribution is 9.11. The predicted octanol–water partition coefficient (Wildman–Crippen LogP) is 3.37. The van der Waals surface area contributed by atoms with Gasteiger partial charge in [-0.15, -0.1) is 11.3 Å². The Labute approximate surface area is 113 Å². The van der Waals surface area contributed by atoms with E-state index in [-0.39, 0.29) is 0 Å². The standard InChI is InChI=1S/C12H14BrN3S/c13-11-2-1-10(17-11)9-7-15-16-12(9)8-3-5-14-6-4-8/h1-2,7-8,14H,3-6H2,(H,15,16). The third-order valence-electron chi connectivity index (χ3n) is 3.25. The summed E-state index contributed by atoms with van der Waals surface area (Å²) in [6.07, 6.45) is 4.35. The lowest BCUT2D eigenvalue weighted by atomic mass is 9.92. The van der Waals surface area contributed by atoms with E-state index in [1.54, 1.807) is 11.3 Å². The summed E-state index contributed by atoms with van der Waals surface area (Å²) < 4.78 is 1.17. The average molecular weight is 312 g/mol. The van der Waals surface area contributed by atoms with E-state index in [9.17, 15) is 0 Å². The normalized spacial score (nSPS) is 17.5. The fraction of sp³-hybridized carbons (Fsp3) is 0.417. The second kappa shape index (κ2) is 4.92. The lowest BCUT2D eigenvalue weighted by Gasteiger charge is -2.22. The maximum Gasteiger partial charge on any atom is 0.0705 e. The fourth-order valence-corrected chi connectivity index (χ4v) is 3.78. The van der Waals surface area contributed by atoms with Gasteiger partial charge in [-0.3, -0.25) is 5.10 Å². The van der Waals surface area contributed by atoms with Crippen molar-refractivity contribution in [2.75, 3.05) is 13.1 Å². The number of nitrogens with zero attached hydrogens (tertiary/aromatic N) is 1. The first-order valence-corrected chi connectivity index (χ1v) is 7.45. The second-order valence-electron chi connectivity index (χ2n) is 4.33. The number of aromatic amines is 1. The molecular formula is C12H14BrN3S. The van der Waals surface area contributed by atoms with Gasteiger partial charge in [-0.05, 0) is 54.0 Å². The minimum absolute atomic E-state index is 0.620. The molecule has 1 saturated heterocycles. The molecule has 0 aliphatic carbocycles. The van der Waals surface area contributed by atoms with Crippen molar-refractivity contribution in [1.82, 2.24) is 15.5 Å². The van der Waals surface area contributed by atoms with Crippen molar-refractivity contribution in [2.45, 2.75) is 18.8 Å². The molecule has 1 aliphatic heterocycles. The summed E-state index contributed by atoms with van der Waals surface area (Å²) in [7, 11) is 0. The van der Waals surface area contributed by atoms with Crippen LogP contribution in [-0.4, -0.2) is 23.3 Å². The molecule has 0 saturated carbocycles. The maximum atomic E-state index is 4.23. The van der Waals surface area contributed by atoms with Gasteiger partial charge in [0.1, 0.15) is 0 Å². The van der Waals surface area contributed by atoms with E-state index in [0.29, 0.717) is 5.92 Å². The largest absolute Gasteiger partial charge is 0.317 e. The van der Waals surface area contributed by atoms with Gasteiger partial charge >= 0.3 is 0 Å². The average Bonchev–Trinajstić information content (AvgIpc) is 2.98. The zero-order valence-electron chi connectivity index (χ0n) is 9.37. The van der Waals surface area contributed by atoms with E-state index in [2.05, 4.69) is 43.6 Å². The van der Waals surface area contributed by atoms with Crippen molar-refractivity contribution in [3.63, 3.8) is 0 Å². The number of aromatic nitrogens is 2. The number of hydrogen-bond donors (Lipinski definition) is 2. The Bertz CT molecular complexity index is 499. The Hall–Kier alpha value is -0.650. The van der Waals surface area contributed by atoms with Crippen LogP contribution < -0.4 is 5.32 Å². The topological polar surface area (TPSA) is 40.7 Å². The predicted molar refractivity (Wildman–Crippen MR) is 74.4 cm³/mol. The summed E-state index contributed by atoms with van der Waals surface area (Å²) in [6.45, 7) is 2.22. The molecule has 5 heteroatoms. The van der Waals surface area contributed by atoms with Gasteiger partial charge < -0.3 is 5.32 Å². The zero-order chi connectivity index (χ0) is 11.7. The molecule has 3 rings (SSSR count). The van der Waals surface area contributed by atoms with Crippen LogP contribution in [0.3, 0.4) is 0 Å². The molecule has 0 radical (unpaired) electrons. The van der Waals surface area contributed by atoms with Gasteiger partial charge in [0.25, 0.3) is 0 Å². The van der Waals surface area contributed by atoms with Crippen LogP contribution in [0.4, 0.5) is 0 Å². The summed E-state index contributed by atoms with van der Waals surface area (Å²) in [5.74, 6) is 0.620. The zero-order valence-corrected chi connectivity index (χ0v) is 11.8. The van der Waals surface area contributed by atoms with E-state index in [1.165, 1.54) is 32.8 Å². The Morgan fingerprint density at radius 3 is 2.82 bits per heavy atom. The van der Waals surface area contributed by atoms with Crippen molar-refractivity contribution in [3.05, 3.63) is 27.8 Å². The molecule has 2 N–H and O–H groups in total. The van der Waals surface area contributed by atoms with Crippen molar-refractivity contribution in [3.8, 4) is 10.4 Å². The molecule has 2 aromatic heterocycles. The molecule has 2 aromatic rings. The summed E-state index contributed by atoms with van der Waals surface area (Å²) in [4.78, 5) is 1.29. The number of piperidine rings is 1. The van der Waals surface area contributed by atoms with Gasteiger partial charge in [-0.2, -0.15) is 5.10 Å². The molecule has 17 heavy (non-hydrogen) atoms. The number of rotatable bonds is 2. The first-order chi connectivity index (χ1) is 8.34. The van der Waals surface area contributed by atoms with Crippen molar-refractivity contribution in [1.29, 1.82) is 0 Å². The molecule has 3 heterocycles. The van der Waals surface area contributed by atoms with Crippen molar-refractivity contribution in [2.24, 2.45) is 0 Å². The van der Waals surface area contributed by atoms with Crippen LogP contribution in [0.2, 0.25) is 0 Å². The Morgan fingerprint density at radius 2 is 2.12 bits per heavy atom. The Kier molecular flexibility index (Phi) is 3.31. The van der Waals surface area contributed by atoms with Crippen molar-refractivity contribution < 1.29 is 0 Å². The minimum Gasteiger partial charge on any atom is -0.317 e. The van der Waals surface area contributed by atoms with E-state index in [0.717, 1.165) is 13.1 Å². The number of H-pyrrole nitrogens is 1. The summed E-state index contributed by atoms with van der Waals surface area (Å²) in [5.41, 5.74) is 2.58. The third-order valence-corrected chi connectivity index (χ3v) is 4.91. The molecule has 1 fully saturated rings. The highest BCUT2D eigenvalue weighted by atomic mass is 79.9. The highest BCUT2D eigenvalue weighted by Crippen LogP contribution is 2.37. The molecule has 0 aromatic carbocycles. The molecular weight excluding hydrogens is 298 g/mol. The van der Waals surface area contributed by atoms with Gasteiger partial charge in [0.05, 0.1) is 9.98 Å². The van der Waals surface area contributed by atoms with Gasteiger partial charge in [-0.25, -0.2) is 0 Å². The van der Waals surface area contributed by atoms with E-state index in [1.807, 2.05) is 6.20 Å². The van der Waals surface area contributed by atoms with Crippen LogP contribution in [0, 0.1) is 0 Å². The molecule has 0 unspecified atom stereocenters. The smallest absolute Gasteiger partial charge is 0.0705 e. The molecule has 0 spiro atoms. The summed E-state index contributed by atoms with van der Waals surface area (Å²) in [5, 5.41) is 10.8. The van der Waals surface area contributed by atoms with Crippen LogP contribution in [0.25, 0.3) is 10.4 Å². The molecule has 0 atom stereocenters. The quantitative estimate of drug-likeness (QED) is 0.892. The van der Waals surface area contributed by atoms with Crippen LogP contribution in [0.15, 0.2) is 22.1 Å². The van der Waals surface area contributed by atoms with E-state index < -0.39 is 0 Å². The summed E-state index contributed by atoms with van der Waals surface area (Å²) >= 11 is 5.28. The third kappa shape index (κ3) is 2.32. The summed E-state index contributed by atoms with van der Waals surface area (Å²) in [6, 6.07) is 4.25. The molecule has 0 amide bonds. The number of nitrogens with one attached hydrogen (secondary N) is 2. The minimum atomic E-state index is 0.620.